The number of halogens is 3. The highest BCUT2D eigenvalue weighted by Crippen LogP contribution is 2.06. The summed E-state index contributed by atoms with van der Waals surface area (Å²) >= 11 is 5.25. The lowest BCUT2D eigenvalue weighted by Gasteiger charge is -1.63. The van der Waals surface area contributed by atoms with E-state index < -0.39 is 4.74 Å². The van der Waals surface area contributed by atoms with E-state index in [1.54, 1.807) is 0 Å². The molecule has 0 aliphatic carbocycles. The van der Waals surface area contributed by atoms with Crippen LogP contribution in [0.15, 0.2) is 9.72 Å². The molecule has 30 valence electrons. The molecule has 0 nitrogen and oxygen atoms in total. The number of hydrogen-bond donors (Lipinski definition) is 0. The summed E-state index contributed by atoms with van der Waals surface area (Å²) in [5.41, 5.74) is 0. The highest BCUT2D eigenvalue weighted by molar-refractivity contribution is 9.13. The largest absolute Gasteiger partial charge is 0.198 e. The van der Waals surface area contributed by atoms with Gasteiger partial charge in [-0.2, -0.15) is 4.39 Å². The summed E-state index contributed by atoms with van der Waals surface area (Å²) in [5, 5.41) is 0. The van der Waals surface area contributed by atoms with E-state index in [1.807, 2.05) is 0 Å². The maximum Gasteiger partial charge on any atom is 0.172 e. The predicted octanol–water partition coefficient (Wildman–Crippen LogP) is 2.54. The van der Waals surface area contributed by atoms with Crippen LogP contribution in [0.5, 0.6) is 0 Å². The average Bonchev–Trinajstić information content (AvgIpc) is 1.38. The van der Waals surface area contributed by atoms with Crippen molar-refractivity contribution in [2.75, 3.05) is 0 Å². The van der Waals surface area contributed by atoms with Gasteiger partial charge in [-0.1, -0.05) is 15.9 Å². The van der Waals surface area contributed by atoms with E-state index in [4.69, 9.17) is 0 Å². The molecule has 0 aliphatic heterocycles. The Labute approximate surface area is 46.3 Å². The van der Waals surface area contributed by atoms with Crippen molar-refractivity contribution in [1.29, 1.82) is 0 Å². The molecule has 0 bridgehead atoms. The third kappa shape index (κ3) is 4.63. The fourth-order valence-electron chi connectivity index (χ4n) is 0. The minimum absolute atomic E-state index is 0.391. The lowest BCUT2D eigenvalue weighted by molar-refractivity contribution is 0.708. The van der Waals surface area contributed by atoms with Crippen LogP contribution in [-0.2, 0) is 0 Å². The van der Waals surface area contributed by atoms with Gasteiger partial charge in [0, 0.05) is 4.99 Å². The summed E-state index contributed by atoms with van der Waals surface area (Å²) in [6.45, 7) is 0. The van der Waals surface area contributed by atoms with Crippen LogP contribution in [0.25, 0.3) is 0 Å². The Hall–Kier alpha value is 0.630. The SMILES string of the molecule is FC(Br)=CBr. The molecular formula is C2HBr2F. The molecule has 0 unspecified atom stereocenters. The molecule has 0 atom stereocenters. The molecule has 5 heavy (non-hydrogen) atoms. The zero-order valence-corrected chi connectivity index (χ0v) is 5.38. The quantitative estimate of drug-likeness (QED) is 0.568. The highest BCUT2D eigenvalue weighted by atomic mass is 79.9. The number of hydrogen-bond acceptors (Lipinski definition) is 0. The Balaban J connectivity index is 3.14. The molecule has 0 heterocycles. The summed E-state index contributed by atoms with van der Waals surface area (Å²) in [5.74, 6) is 0. The summed E-state index contributed by atoms with van der Waals surface area (Å²) in [4.78, 5) is 1.15. The minimum atomic E-state index is -0.391. The van der Waals surface area contributed by atoms with Gasteiger partial charge in [-0.05, 0) is 15.9 Å². The molecular weight excluding hydrogens is 203 g/mol. The van der Waals surface area contributed by atoms with Gasteiger partial charge in [0.2, 0.25) is 0 Å². The maximum atomic E-state index is 11.2. The summed E-state index contributed by atoms with van der Waals surface area (Å²) in [6, 6.07) is 0. The van der Waals surface area contributed by atoms with Crippen molar-refractivity contribution in [3.05, 3.63) is 9.72 Å². The summed E-state index contributed by atoms with van der Waals surface area (Å²) in [6.07, 6.45) is 0. The monoisotopic (exact) mass is 202 g/mol. The molecule has 0 aromatic rings. The van der Waals surface area contributed by atoms with Gasteiger partial charge in [0.05, 0.1) is 0 Å². The standard InChI is InChI=1S/C2HBr2F/c3-1-2(4)5/h1H. The van der Waals surface area contributed by atoms with Crippen LogP contribution < -0.4 is 0 Å². The lowest BCUT2D eigenvalue weighted by atomic mass is 11.2. The van der Waals surface area contributed by atoms with Gasteiger partial charge in [-0.15, -0.1) is 0 Å². The Kier molecular flexibility index (Phi) is 3.20. The van der Waals surface area contributed by atoms with E-state index in [0.717, 1.165) is 4.99 Å². The Morgan fingerprint density at radius 3 is 2.00 bits per heavy atom. The van der Waals surface area contributed by atoms with Crippen molar-refractivity contribution >= 4 is 31.9 Å². The van der Waals surface area contributed by atoms with Crippen molar-refractivity contribution in [3.63, 3.8) is 0 Å². The van der Waals surface area contributed by atoms with E-state index >= 15 is 0 Å². The van der Waals surface area contributed by atoms with Crippen molar-refractivity contribution in [3.8, 4) is 0 Å². The fourth-order valence-corrected chi connectivity index (χ4v) is 0. The van der Waals surface area contributed by atoms with E-state index in [9.17, 15) is 4.39 Å². The highest BCUT2D eigenvalue weighted by Gasteiger charge is 1.72. The smallest absolute Gasteiger partial charge is 0.172 e. The van der Waals surface area contributed by atoms with Gasteiger partial charge in [0.15, 0.2) is 4.74 Å². The predicted molar refractivity (Wildman–Crippen MR) is 27.0 cm³/mol. The van der Waals surface area contributed by atoms with Crippen LogP contribution in [0, 0.1) is 0 Å². The Bertz CT molecular complexity index is 45.6. The first-order chi connectivity index (χ1) is 2.27. The second-order valence-electron chi connectivity index (χ2n) is 0.399. The van der Waals surface area contributed by atoms with Crippen LogP contribution in [0.3, 0.4) is 0 Å². The fraction of sp³-hybridized carbons (Fsp3) is 0. The van der Waals surface area contributed by atoms with Crippen LogP contribution in [-0.4, -0.2) is 0 Å². The van der Waals surface area contributed by atoms with Crippen LogP contribution in [0.1, 0.15) is 0 Å². The summed E-state index contributed by atoms with van der Waals surface area (Å²) < 4.78 is 10.8. The maximum absolute atomic E-state index is 11.2. The molecule has 3 heteroatoms. The lowest BCUT2D eigenvalue weighted by Crippen LogP contribution is -1.35. The summed E-state index contributed by atoms with van der Waals surface area (Å²) in [7, 11) is 0. The normalized spacial score (nSPS) is 12.2. The zero-order valence-electron chi connectivity index (χ0n) is 2.21. The van der Waals surface area contributed by atoms with E-state index in [0.29, 0.717) is 0 Å². The first kappa shape index (κ1) is 5.63. The molecule has 0 N–H and O–H groups in total. The molecule has 0 amide bonds. The van der Waals surface area contributed by atoms with Crippen molar-refractivity contribution in [1.82, 2.24) is 0 Å². The Morgan fingerprint density at radius 2 is 2.00 bits per heavy atom. The third-order valence-corrected chi connectivity index (χ3v) is 1.33. The second kappa shape index (κ2) is 2.85. The Morgan fingerprint density at radius 1 is 1.80 bits per heavy atom. The van der Waals surface area contributed by atoms with Gasteiger partial charge in [0.1, 0.15) is 0 Å². The molecule has 0 spiro atoms. The van der Waals surface area contributed by atoms with Gasteiger partial charge >= 0.3 is 0 Å². The van der Waals surface area contributed by atoms with E-state index in [2.05, 4.69) is 31.9 Å². The van der Waals surface area contributed by atoms with Gasteiger partial charge in [0.25, 0.3) is 0 Å². The molecule has 0 aromatic heterocycles. The third-order valence-electron chi connectivity index (χ3n) is 0.0825. The van der Waals surface area contributed by atoms with Crippen molar-refractivity contribution in [2.24, 2.45) is 0 Å². The molecule has 0 aromatic carbocycles. The molecule has 0 saturated heterocycles. The van der Waals surface area contributed by atoms with Crippen LogP contribution >= 0.6 is 31.9 Å². The molecule has 0 saturated carbocycles. The minimum Gasteiger partial charge on any atom is -0.198 e. The second-order valence-corrected chi connectivity index (χ2v) is 1.61. The van der Waals surface area contributed by atoms with E-state index in [-0.39, 0.29) is 0 Å². The van der Waals surface area contributed by atoms with Crippen molar-refractivity contribution < 1.29 is 4.39 Å². The molecule has 0 aliphatic rings. The first-order valence-corrected chi connectivity index (χ1v) is 2.59. The van der Waals surface area contributed by atoms with E-state index in [1.165, 1.54) is 0 Å². The van der Waals surface area contributed by atoms with Gasteiger partial charge in [-0.25, -0.2) is 0 Å². The van der Waals surface area contributed by atoms with Gasteiger partial charge < -0.3 is 0 Å². The molecule has 0 rings (SSSR count). The molecule has 0 radical (unpaired) electrons. The topological polar surface area (TPSA) is 0 Å². The van der Waals surface area contributed by atoms with Crippen LogP contribution in [0.4, 0.5) is 4.39 Å². The van der Waals surface area contributed by atoms with Crippen molar-refractivity contribution in [2.45, 2.75) is 0 Å². The number of rotatable bonds is 0. The zero-order chi connectivity index (χ0) is 4.28. The first-order valence-electron chi connectivity index (χ1n) is 0.885. The average molecular weight is 204 g/mol. The van der Waals surface area contributed by atoms with Gasteiger partial charge in [-0.3, -0.25) is 0 Å². The molecule has 0 fully saturated rings. The van der Waals surface area contributed by atoms with Crippen LogP contribution in [0.2, 0.25) is 0 Å².